The van der Waals surface area contributed by atoms with Crippen LogP contribution in [-0.4, -0.2) is 73.9 Å². The van der Waals surface area contributed by atoms with Crippen molar-refractivity contribution in [1.29, 1.82) is 0 Å². The fourth-order valence-electron chi connectivity index (χ4n) is 5.39. The van der Waals surface area contributed by atoms with Crippen molar-refractivity contribution < 1.29 is 26.3 Å². The van der Waals surface area contributed by atoms with Crippen molar-refractivity contribution in [2.45, 2.75) is 50.8 Å². The summed E-state index contributed by atoms with van der Waals surface area (Å²) in [6, 6.07) is 2.05. The number of hydrogen-bond acceptors (Lipinski definition) is 5. The summed E-state index contributed by atoms with van der Waals surface area (Å²) in [7, 11) is -3.19. The van der Waals surface area contributed by atoms with E-state index in [0.29, 0.717) is 38.5 Å². The fraction of sp³-hybridized carbons (Fsp3) is 0.696. The van der Waals surface area contributed by atoms with E-state index in [4.69, 9.17) is 4.74 Å². The molecule has 10 heteroatoms. The van der Waals surface area contributed by atoms with Crippen molar-refractivity contribution in [3.05, 3.63) is 29.6 Å². The van der Waals surface area contributed by atoms with Crippen LogP contribution < -0.4 is 4.74 Å². The molecule has 3 aliphatic heterocycles. The van der Waals surface area contributed by atoms with Gasteiger partial charge >= 0.3 is 6.18 Å². The lowest BCUT2D eigenvalue weighted by atomic mass is 9.88. The molecule has 1 aromatic heterocycles. The summed E-state index contributed by atoms with van der Waals surface area (Å²) in [6.07, 6.45) is 4.47. The Morgan fingerprint density at radius 2 is 1.94 bits per heavy atom. The highest BCUT2D eigenvalue weighted by molar-refractivity contribution is 7.88. The van der Waals surface area contributed by atoms with Gasteiger partial charge in [0.2, 0.25) is 10.0 Å². The third-order valence-electron chi connectivity index (χ3n) is 7.76. The standard InChI is InChI=1S/C23H30F3N3O3S/c1-33(30,31)29-10-4-16(5-11-29)19-12-18-13-20(32-21(18)14-27-19)17-2-8-28(9-3-17)15-22(6-7-22)23(24,25)26/h4,12,14,17,20H,2-3,5-11,13,15H2,1H3. The molecule has 1 saturated heterocycles. The quantitative estimate of drug-likeness (QED) is 0.639. The molecule has 0 amide bonds. The average molecular weight is 486 g/mol. The van der Waals surface area contributed by atoms with Gasteiger partial charge in [0.1, 0.15) is 11.9 Å². The van der Waals surface area contributed by atoms with Gasteiger partial charge in [-0.25, -0.2) is 8.42 Å². The molecular formula is C23H30F3N3O3S. The minimum Gasteiger partial charge on any atom is -0.488 e. The molecule has 33 heavy (non-hydrogen) atoms. The SMILES string of the molecule is CS(=O)(=O)N1CC=C(c2cc3c(cn2)OC(C2CCN(CC4(C(F)(F)F)CC4)CC2)C3)CC1. The van der Waals surface area contributed by atoms with Crippen LogP contribution in [0.2, 0.25) is 0 Å². The number of rotatable bonds is 5. The molecule has 0 bridgehead atoms. The van der Waals surface area contributed by atoms with Crippen LogP contribution in [0.1, 0.15) is 43.4 Å². The van der Waals surface area contributed by atoms with Crippen molar-refractivity contribution >= 4 is 15.6 Å². The number of nitrogens with zero attached hydrogens (tertiary/aromatic N) is 3. The predicted octanol–water partition coefficient (Wildman–Crippen LogP) is 3.49. The first-order chi connectivity index (χ1) is 15.5. The first-order valence-corrected chi connectivity index (χ1v) is 13.5. The Bertz CT molecular complexity index is 1040. The molecule has 1 unspecified atom stereocenters. The van der Waals surface area contributed by atoms with E-state index in [0.717, 1.165) is 41.8 Å². The van der Waals surface area contributed by atoms with Gasteiger partial charge in [0.05, 0.1) is 23.6 Å². The summed E-state index contributed by atoms with van der Waals surface area (Å²) in [5.74, 6) is 1.12. The van der Waals surface area contributed by atoms with E-state index < -0.39 is 21.6 Å². The molecule has 1 atom stereocenters. The third-order valence-corrected chi connectivity index (χ3v) is 9.03. The number of sulfonamides is 1. The Balaban J connectivity index is 1.17. The number of aromatic nitrogens is 1. The lowest BCUT2D eigenvalue weighted by Gasteiger charge is -2.36. The number of piperidine rings is 1. The van der Waals surface area contributed by atoms with E-state index in [2.05, 4.69) is 4.98 Å². The van der Waals surface area contributed by atoms with Crippen molar-refractivity contribution in [3.63, 3.8) is 0 Å². The number of fused-ring (bicyclic) bond motifs is 1. The van der Waals surface area contributed by atoms with Crippen LogP contribution in [0.3, 0.4) is 0 Å². The predicted molar refractivity (Wildman–Crippen MR) is 118 cm³/mol. The Labute approximate surface area is 192 Å². The summed E-state index contributed by atoms with van der Waals surface area (Å²) in [6.45, 7) is 2.32. The zero-order chi connectivity index (χ0) is 23.4. The van der Waals surface area contributed by atoms with E-state index >= 15 is 0 Å². The summed E-state index contributed by atoms with van der Waals surface area (Å²) < 4.78 is 70.9. The molecule has 1 aliphatic carbocycles. The molecule has 0 aromatic carbocycles. The second-order valence-corrected chi connectivity index (χ2v) is 12.0. The topological polar surface area (TPSA) is 62.7 Å². The van der Waals surface area contributed by atoms with Gasteiger partial charge in [-0.15, -0.1) is 0 Å². The Hall–Kier alpha value is -1.65. The zero-order valence-electron chi connectivity index (χ0n) is 18.8. The van der Waals surface area contributed by atoms with E-state index in [-0.39, 0.29) is 25.5 Å². The summed E-state index contributed by atoms with van der Waals surface area (Å²) >= 11 is 0. The molecule has 0 spiro atoms. The molecule has 182 valence electrons. The van der Waals surface area contributed by atoms with Gasteiger partial charge in [0.15, 0.2) is 0 Å². The molecule has 6 nitrogen and oxygen atoms in total. The first-order valence-electron chi connectivity index (χ1n) is 11.6. The van der Waals surface area contributed by atoms with Crippen molar-refractivity contribution in [3.8, 4) is 5.75 Å². The smallest absolute Gasteiger partial charge is 0.395 e. The van der Waals surface area contributed by atoms with Gasteiger partial charge in [0, 0.05) is 31.6 Å². The number of hydrogen-bond donors (Lipinski definition) is 0. The molecule has 2 fully saturated rings. The van der Waals surface area contributed by atoms with Gasteiger partial charge in [-0.05, 0) is 62.8 Å². The van der Waals surface area contributed by atoms with E-state index in [1.165, 1.54) is 10.6 Å². The van der Waals surface area contributed by atoms with Crippen LogP contribution in [-0.2, 0) is 16.4 Å². The number of ether oxygens (including phenoxy) is 1. The van der Waals surface area contributed by atoms with Crippen LogP contribution in [0.25, 0.3) is 5.57 Å². The summed E-state index contributed by atoms with van der Waals surface area (Å²) in [4.78, 5) is 6.53. The van der Waals surface area contributed by atoms with E-state index in [1.807, 2.05) is 17.0 Å². The number of alkyl halides is 3. The molecule has 4 heterocycles. The maximum atomic E-state index is 13.3. The maximum absolute atomic E-state index is 13.3. The lowest BCUT2D eigenvalue weighted by Crippen LogP contribution is -2.44. The second-order valence-electron chi connectivity index (χ2n) is 10.0. The summed E-state index contributed by atoms with van der Waals surface area (Å²) in [5.41, 5.74) is 1.55. The Kier molecular flexibility index (Phi) is 5.77. The highest BCUT2D eigenvalue weighted by atomic mass is 32.2. The number of pyridine rings is 1. The lowest BCUT2D eigenvalue weighted by molar-refractivity contribution is -0.192. The van der Waals surface area contributed by atoms with Crippen LogP contribution >= 0.6 is 0 Å². The molecular weight excluding hydrogens is 455 g/mol. The first kappa shape index (κ1) is 23.1. The van der Waals surface area contributed by atoms with Gasteiger partial charge in [-0.1, -0.05) is 6.08 Å². The van der Waals surface area contributed by atoms with Crippen LogP contribution in [0.15, 0.2) is 18.3 Å². The highest BCUT2D eigenvalue weighted by Crippen LogP contribution is 2.58. The molecule has 0 radical (unpaired) electrons. The van der Waals surface area contributed by atoms with Crippen LogP contribution in [0, 0.1) is 11.3 Å². The maximum Gasteiger partial charge on any atom is 0.395 e. The Morgan fingerprint density at radius 3 is 2.52 bits per heavy atom. The molecule has 4 aliphatic rings. The van der Waals surface area contributed by atoms with Crippen molar-refractivity contribution in [2.24, 2.45) is 11.3 Å². The average Bonchev–Trinajstić information content (AvgIpc) is 3.44. The normalized spacial score (nSPS) is 26.5. The zero-order valence-corrected chi connectivity index (χ0v) is 19.6. The fourth-order valence-corrected chi connectivity index (χ4v) is 6.16. The van der Waals surface area contributed by atoms with Crippen molar-refractivity contribution in [2.75, 3.05) is 39.0 Å². The van der Waals surface area contributed by atoms with Gasteiger partial charge in [-0.3, -0.25) is 4.98 Å². The number of halogens is 3. The molecule has 0 N–H and O–H groups in total. The van der Waals surface area contributed by atoms with Crippen LogP contribution in [0.5, 0.6) is 5.75 Å². The highest BCUT2D eigenvalue weighted by Gasteiger charge is 2.63. The third kappa shape index (κ3) is 4.66. The van der Waals surface area contributed by atoms with Crippen molar-refractivity contribution in [1.82, 2.24) is 14.2 Å². The minimum absolute atomic E-state index is 0.0396. The van der Waals surface area contributed by atoms with Gasteiger partial charge < -0.3 is 9.64 Å². The number of likely N-dealkylation sites (tertiary alicyclic amines) is 1. The molecule has 5 rings (SSSR count). The van der Waals surface area contributed by atoms with E-state index in [9.17, 15) is 21.6 Å². The molecule has 1 aromatic rings. The van der Waals surface area contributed by atoms with Gasteiger partial charge in [0.25, 0.3) is 0 Å². The van der Waals surface area contributed by atoms with Crippen LogP contribution in [0.4, 0.5) is 13.2 Å². The second kappa shape index (κ2) is 8.23. The largest absolute Gasteiger partial charge is 0.488 e. The van der Waals surface area contributed by atoms with Gasteiger partial charge in [-0.2, -0.15) is 17.5 Å². The summed E-state index contributed by atoms with van der Waals surface area (Å²) in [5, 5.41) is 0. The Morgan fingerprint density at radius 1 is 1.21 bits per heavy atom. The monoisotopic (exact) mass is 485 g/mol. The minimum atomic E-state index is -4.10. The molecule has 1 saturated carbocycles. The van der Waals surface area contributed by atoms with E-state index in [1.54, 1.807) is 6.20 Å².